The fraction of sp³-hybridized carbons (Fsp3) is 0.385. The van der Waals surface area contributed by atoms with Crippen molar-refractivity contribution in [2.75, 3.05) is 7.11 Å². The quantitative estimate of drug-likeness (QED) is 0.867. The monoisotopic (exact) mass is 246 g/mol. The van der Waals surface area contributed by atoms with E-state index in [-0.39, 0.29) is 6.04 Å². The van der Waals surface area contributed by atoms with E-state index in [0.717, 1.165) is 24.2 Å². The maximum absolute atomic E-state index is 6.20. The van der Waals surface area contributed by atoms with Gasteiger partial charge in [0.15, 0.2) is 0 Å². The third kappa shape index (κ3) is 2.68. The Morgan fingerprint density at radius 2 is 2.22 bits per heavy atom. The van der Waals surface area contributed by atoms with Crippen LogP contribution in [0.25, 0.3) is 0 Å². The van der Waals surface area contributed by atoms with Crippen molar-refractivity contribution in [3.8, 4) is 5.75 Å². The van der Waals surface area contributed by atoms with Gasteiger partial charge < -0.3 is 10.5 Å². The van der Waals surface area contributed by atoms with E-state index in [0.29, 0.717) is 0 Å². The molecule has 0 aliphatic carbocycles. The van der Waals surface area contributed by atoms with Crippen molar-refractivity contribution < 1.29 is 4.74 Å². The number of aryl methyl sites for hydroxylation is 2. The minimum Gasteiger partial charge on any atom is -0.495 e. The van der Waals surface area contributed by atoms with E-state index in [1.165, 1.54) is 5.69 Å². The Kier molecular flexibility index (Phi) is 3.94. The highest BCUT2D eigenvalue weighted by molar-refractivity contribution is 5.32. The molecule has 1 unspecified atom stereocenters. The molecule has 0 amide bonds. The van der Waals surface area contributed by atoms with Crippen molar-refractivity contribution in [3.63, 3.8) is 0 Å². The summed E-state index contributed by atoms with van der Waals surface area (Å²) in [6.07, 6.45) is 6.97. The van der Waals surface area contributed by atoms with Gasteiger partial charge in [0.25, 0.3) is 0 Å². The second-order valence-electron chi connectivity index (χ2n) is 4.21. The lowest BCUT2D eigenvalue weighted by molar-refractivity contribution is 0.402. The van der Waals surface area contributed by atoms with E-state index in [1.54, 1.807) is 25.7 Å². The lowest BCUT2D eigenvalue weighted by atomic mass is 10.0. The Labute approximate surface area is 107 Å². The highest BCUT2D eigenvalue weighted by Gasteiger charge is 2.12. The normalized spacial score (nSPS) is 12.4. The Balaban J connectivity index is 2.03. The molecule has 5 heteroatoms. The lowest BCUT2D eigenvalue weighted by Crippen LogP contribution is -2.13. The molecular weight excluding hydrogens is 228 g/mol. The van der Waals surface area contributed by atoms with Crippen LogP contribution in [0.2, 0.25) is 0 Å². The molecule has 2 rings (SSSR count). The van der Waals surface area contributed by atoms with Gasteiger partial charge in [-0.25, -0.2) is 0 Å². The second kappa shape index (κ2) is 5.64. The zero-order valence-corrected chi connectivity index (χ0v) is 10.7. The molecule has 2 aromatic rings. The molecule has 0 aromatic carbocycles. The molecule has 0 radical (unpaired) electrons. The van der Waals surface area contributed by atoms with Gasteiger partial charge in [-0.15, -0.1) is 0 Å². The molecule has 96 valence electrons. The number of nitrogens with zero attached hydrogens (tertiary/aromatic N) is 3. The first-order chi connectivity index (χ1) is 8.72. The molecule has 1 atom stereocenters. The summed E-state index contributed by atoms with van der Waals surface area (Å²) in [6, 6.07) is 3.86. The first kappa shape index (κ1) is 12.6. The minimum atomic E-state index is -0.0575. The minimum absolute atomic E-state index is 0.0575. The molecule has 0 fully saturated rings. The summed E-state index contributed by atoms with van der Waals surface area (Å²) < 4.78 is 7.14. The predicted octanol–water partition coefficient (Wildman–Crippen LogP) is 1.46. The number of rotatable bonds is 5. The summed E-state index contributed by atoms with van der Waals surface area (Å²) in [5, 5.41) is 4.14. The van der Waals surface area contributed by atoms with Gasteiger partial charge >= 0.3 is 0 Å². The van der Waals surface area contributed by atoms with Crippen LogP contribution in [0.1, 0.15) is 23.7 Å². The van der Waals surface area contributed by atoms with Crippen LogP contribution >= 0.6 is 0 Å². The summed E-state index contributed by atoms with van der Waals surface area (Å²) >= 11 is 0. The first-order valence-corrected chi connectivity index (χ1v) is 5.92. The Bertz CT molecular complexity index is 509. The van der Waals surface area contributed by atoms with Gasteiger partial charge in [0, 0.05) is 36.7 Å². The van der Waals surface area contributed by atoms with Crippen LogP contribution in [0.3, 0.4) is 0 Å². The van der Waals surface area contributed by atoms with Crippen LogP contribution in [0, 0.1) is 0 Å². The Hall–Kier alpha value is -1.88. The number of ether oxygens (including phenoxy) is 1. The first-order valence-electron chi connectivity index (χ1n) is 5.92. The van der Waals surface area contributed by atoms with Gasteiger partial charge in [-0.05, 0) is 25.0 Å². The van der Waals surface area contributed by atoms with Crippen molar-refractivity contribution in [1.82, 2.24) is 14.8 Å². The van der Waals surface area contributed by atoms with Crippen molar-refractivity contribution in [2.45, 2.75) is 18.9 Å². The van der Waals surface area contributed by atoms with E-state index >= 15 is 0 Å². The number of aromatic nitrogens is 3. The summed E-state index contributed by atoms with van der Waals surface area (Å²) in [6.45, 7) is 0. The van der Waals surface area contributed by atoms with E-state index in [1.807, 2.05) is 23.9 Å². The van der Waals surface area contributed by atoms with Crippen LogP contribution in [0.5, 0.6) is 5.75 Å². The van der Waals surface area contributed by atoms with Crippen LogP contribution < -0.4 is 10.5 Å². The van der Waals surface area contributed by atoms with Gasteiger partial charge in [-0.1, -0.05) is 0 Å². The number of hydrogen-bond donors (Lipinski definition) is 1. The van der Waals surface area contributed by atoms with Crippen molar-refractivity contribution in [1.29, 1.82) is 0 Å². The van der Waals surface area contributed by atoms with Crippen LogP contribution in [-0.2, 0) is 13.5 Å². The summed E-state index contributed by atoms with van der Waals surface area (Å²) in [7, 11) is 3.57. The van der Waals surface area contributed by atoms with E-state index in [2.05, 4.69) is 10.1 Å². The summed E-state index contributed by atoms with van der Waals surface area (Å²) in [5.74, 6) is 0.745. The van der Waals surface area contributed by atoms with Gasteiger partial charge in [0.2, 0.25) is 0 Å². The van der Waals surface area contributed by atoms with E-state index < -0.39 is 0 Å². The number of nitrogens with two attached hydrogens (primary N) is 1. The standard InChI is InChI=1S/C13H18N4O/c1-17-10(5-8-16-17)3-4-12(14)11-6-7-15-9-13(11)18-2/h5-9,12H,3-4,14H2,1-2H3. The fourth-order valence-corrected chi connectivity index (χ4v) is 1.97. The SMILES string of the molecule is COc1cnccc1C(N)CCc1ccnn1C. The van der Waals surface area contributed by atoms with Crippen LogP contribution in [0.4, 0.5) is 0 Å². The smallest absolute Gasteiger partial charge is 0.141 e. The Morgan fingerprint density at radius 1 is 1.39 bits per heavy atom. The molecule has 2 aromatic heterocycles. The second-order valence-corrected chi connectivity index (χ2v) is 4.21. The molecule has 18 heavy (non-hydrogen) atoms. The third-order valence-electron chi connectivity index (χ3n) is 3.07. The average Bonchev–Trinajstić information content (AvgIpc) is 2.81. The number of methoxy groups -OCH3 is 1. The van der Waals surface area contributed by atoms with Crippen molar-refractivity contribution in [3.05, 3.63) is 42.0 Å². The van der Waals surface area contributed by atoms with Crippen LogP contribution in [-0.4, -0.2) is 21.9 Å². The summed E-state index contributed by atoms with van der Waals surface area (Å²) in [4.78, 5) is 4.03. The molecule has 2 N–H and O–H groups in total. The molecule has 0 aliphatic heterocycles. The van der Waals surface area contributed by atoms with E-state index in [9.17, 15) is 0 Å². The summed E-state index contributed by atoms with van der Waals surface area (Å²) in [5.41, 5.74) is 8.37. The van der Waals surface area contributed by atoms with Gasteiger partial charge in [-0.3, -0.25) is 9.67 Å². The molecule has 0 bridgehead atoms. The highest BCUT2D eigenvalue weighted by Crippen LogP contribution is 2.25. The van der Waals surface area contributed by atoms with Crippen molar-refractivity contribution in [2.24, 2.45) is 12.8 Å². The lowest BCUT2D eigenvalue weighted by Gasteiger charge is -2.15. The predicted molar refractivity (Wildman–Crippen MR) is 69.2 cm³/mol. The Morgan fingerprint density at radius 3 is 2.89 bits per heavy atom. The van der Waals surface area contributed by atoms with E-state index in [4.69, 9.17) is 10.5 Å². The molecule has 5 nitrogen and oxygen atoms in total. The number of hydrogen-bond acceptors (Lipinski definition) is 4. The molecule has 2 heterocycles. The number of pyridine rings is 1. The molecular formula is C13H18N4O. The van der Waals surface area contributed by atoms with Gasteiger partial charge in [0.05, 0.1) is 13.3 Å². The molecule has 0 saturated heterocycles. The third-order valence-corrected chi connectivity index (χ3v) is 3.07. The van der Waals surface area contributed by atoms with Gasteiger partial charge in [0.1, 0.15) is 5.75 Å². The zero-order valence-electron chi connectivity index (χ0n) is 10.7. The van der Waals surface area contributed by atoms with Gasteiger partial charge in [-0.2, -0.15) is 5.10 Å². The molecule has 0 aliphatic rings. The maximum Gasteiger partial charge on any atom is 0.141 e. The highest BCUT2D eigenvalue weighted by atomic mass is 16.5. The fourth-order valence-electron chi connectivity index (χ4n) is 1.97. The average molecular weight is 246 g/mol. The largest absolute Gasteiger partial charge is 0.495 e. The molecule has 0 spiro atoms. The molecule has 0 saturated carbocycles. The zero-order chi connectivity index (χ0) is 13.0. The van der Waals surface area contributed by atoms with Crippen molar-refractivity contribution >= 4 is 0 Å². The topological polar surface area (TPSA) is 66.0 Å². The van der Waals surface area contributed by atoms with Crippen LogP contribution in [0.15, 0.2) is 30.7 Å². The maximum atomic E-state index is 6.20.